The Morgan fingerprint density at radius 3 is 2.69 bits per heavy atom. The molecule has 0 aliphatic heterocycles. The molecule has 7 heteroatoms. The van der Waals surface area contributed by atoms with Crippen molar-refractivity contribution in [1.29, 1.82) is 0 Å². The summed E-state index contributed by atoms with van der Waals surface area (Å²) in [5, 5.41) is 7.69. The zero-order chi connectivity index (χ0) is 18.5. The van der Waals surface area contributed by atoms with Gasteiger partial charge in [-0.1, -0.05) is 67.0 Å². The molecule has 1 amide bonds. The molecular formula is C19H25N3OS3. The molecule has 1 saturated carbocycles. The number of rotatable bonds is 5. The van der Waals surface area contributed by atoms with E-state index in [4.69, 9.17) is 12.2 Å². The van der Waals surface area contributed by atoms with E-state index in [2.05, 4.69) is 10.4 Å². The molecule has 0 spiro atoms. The average Bonchev–Trinajstić information content (AvgIpc) is 2.81. The van der Waals surface area contributed by atoms with E-state index in [0.717, 1.165) is 28.4 Å². The van der Waals surface area contributed by atoms with Crippen molar-refractivity contribution in [3.05, 3.63) is 33.8 Å². The number of carbonyl (C=O) groups excluding carboxylic acids is 1. The van der Waals surface area contributed by atoms with Gasteiger partial charge in [-0.3, -0.25) is 4.79 Å². The summed E-state index contributed by atoms with van der Waals surface area (Å²) in [6.07, 6.45) is 7.21. The van der Waals surface area contributed by atoms with Crippen molar-refractivity contribution in [2.75, 3.05) is 0 Å². The SMILES string of the molecule is Cc1ccccc1-n1nc(S[C@H](C)C(=O)NC2CCCCCC2)sc1=S. The number of aromatic nitrogens is 2. The maximum atomic E-state index is 12.6. The molecule has 2 aromatic rings. The van der Waals surface area contributed by atoms with Gasteiger partial charge in [0.25, 0.3) is 0 Å². The molecular weight excluding hydrogens is 382 g/mol. The minimum absolute atomic E-state index is 0.102. The highest BCUT2D eigenvalue weighted by molar-refractivity contribution is 8.02. The molecule has 3 rings (SSSR count). The zero-order valence-corrected chi connectivity index (χ0v) is 17.7. The Bertz CT molecular complexity index is 806. The second-order valence-electron chi connectivity index (χ2n) is 6.79. The van der Waals surface area contributed by atoms with E-state index < -0.39 is 0 Å². The van der Waals surface area contributed by atoms with Gasteiger partial charge in [0.1, 0.15) is 0 Å². The van der Waals surface area contributed by atoms with Gasteiger partial charge in [-0.25, -0.2) is 4.68 Å². The molecule has 1 N–H and O–H groups in total. The van der Waals surface area contributed by atoms with E-state index in [1.807, 2.05) is 38.1 Å². The Morgan fingerprint density at radius 2 is 2.00 bits per heavy atom. The van der Waals surface area contributed by atoms with Crippen molar-refractivity contribution in [1.82, 2.24) is 15.1 Å². The lowest BCUT2D eigenvalue weighted by molar-refractivity contribution is -0.121. The van der Waals surface area contributed by atoms with Crippen molar-refractivity contribution < 1.29 is 4.79 Å². The van der Waals surface area contributed by atoms with Crippen molar-refractivity contribution >= 4 is 41.2 Å². The van der Waals surface area contributed by atoms with Crippen LogP contribution >= 0.6 is 35.3 Å². The summed E-state index contributed by atoms with van der Waals surface area (Å²) in [7, 11) is 0. The number of nitrogens with zero attached hydrogens (tertiary/aromatic N) is 2. The Morgan fingerprint density at radius 1 is 1.31 bits per heavy atom. The van der Waals surface area contributed by atoms with Crippen molar-refractivity contribution in [2.24, 2.45) is 0 Å². The van der Waals surface area contributed by atoms with Gasteiger partial charge in [-0.2, -0.15) is 0 Å². The van der Waals surface area contributed by atoms with Crippen LogP contribution in [0.2, 0.25) is 0 Å². The van der Waals surface area contributed by atoms with Crippen LogP contribution in [-0.2, 0) is 4.79 Å². The standard InChI is InChI=1S/C19H25N3OS3/c1-13-9-7-8-12-16(13)22-19(24)26-18(21-22)25-14(2)17(23)20-15-10-5-3-4-6-11-15/h7-9,12,14-15H,3-6,10-11H2,1-2H3,(H,20,23)/t14-/m1/s1. The average molecular weight is 408 g/mol. The molecule has 4 nitrogen and oxygen atoms in total. The maximum Gasteiger partial charge on any atom is 0.233 e. The van der Waals surface area contributed by atoms with Crippen molar-refractivity contribution in [3.63, 3.8) is 0 Å². The minimum Gasteiger partial charge on any atom is -0.352 e. The molecule has 1 heterocycles. The molecule has 1 atom stereocenters. The second-order valence-corrected chi connectivity index (χ2v) is 10.00. The van der Waals surface area contributed by atoms with Gasteiger partial charge in [-0.15, -0.1) is 5.10 Å². The largest absolute Gasteiger partial charge is 0.352 e. The van der Waals surface area contributed by atoms with Gasteiger partial charge in [-0.05, 0) is 50.5 Å². The number of nitrogens with one attached hydrogen (secondary N) is 1. The predicted molar refractivity (Wildman–Crippen MR) is 112 cm³/mol. The Hall–Kier alpha value is -1.18. The number of hydrogen-bond acceptors (Lipinski definition) is 5. The van der Waals surface area contributed by atoms with Gasteiger partial charge >= 0.3 is 0 Å². The van der Waals surface area contributed by atoms with E-state index in [9.17, 15) is 4.79 Å². The summed E-state index contributed by atoms with van der Waals surface area (Å²) in [5.41, 5.74) is 2.13. The normalized spacial score (nSPS) is 16.8. The Balaban J connectivity index is 1.65. The van der Waals surface area contributed by atoms with E-state index in [1.165, 1.54) is 48.8 Å². The molecule has 140 valence electrons. The molecule has 1 fully saturated rings. The fourth-order valence-electron chi connectivity index (χ4n) is 3.21. The lowest BCUT2D eigenvalue weighted by Gasteiger charge is -2.18. The maximum absolute atomic E-state index is 12.6. The van der Waals surface area contributed by atoms with Gasteiger partial charge in [0.2, 0.25) is 5.91 Å². The van der Waals surface area contributed by atoms with Crippen LogP contribution in [0.25, 0.3) is 5.69 Å². The van der Waals surface area contributed by atoms with Crippen LogP contribution in [0.1, 0.15) is 51.0 Å². The highest BCUT2D eigenvalue weighted by Crippen LogP contribution is 2.29. The highest BCUT2D eigenvalue weighted by atomic mass is 32.2. The minimum atomic E-state index is -0.177. The van der Waals surface area contributed by atoms with E-state index in [-0.39, 0.29) is 11.2 Å². The van der Waals surface area contributed by atoms with Crippen LogP contribution in [0.5, 0.6) is 0 Å². The third-order valence-corrected chi connectivity index (χ3v) is 7.14. The highest BCUT2D eigenvalue weighted by Gasteiger charge is 2.21. The number of hydrogen-bond donors (Lipinski definition) is 1. The molecule has 1 aromatic heterocycles. The van der Waals surface area contributed by atoms with Gasteiger partial charge < -0.3 is 5.32 Å². The number of benzene rings is 1. The molecule has 0 bridgehead atoms. The first-order valence-electron chi connectivity index (χ1n) is 9.18. The topological polar surface area (TPSA) is 46.9 Å². The third-order valence-electron chi connectivity index (χ3n) is 4.72. The van der Waals surface area contributed by atoms with Crippen LogP contribution in [0.15, 0.2) is 28.6 Å². The summed E-state index contributed by atoms with van der Waals surface area (Å²) >= 11 is 8.44. The molecule has 0 unspecified atom stereocenters. The van der Waals surface area contributed by atoms with Crippen molar-refractivity contribution in [3.8, 4) is 5.69 Å². The lowest BCUT2D eigenvalue weighted by Crippen LogP contribution is -2.39. The Kier molecular flexibility index (Phi) is 6.89. The van der Waals surface area contributed by atoms with Gasteiger partial charge in [0.05, 0.1) is 10.9 Å². The molecule has 0 radical (unpaired) electrons. The summed E-state index contributed by atoms with van der Waals surface area (Å²) in [6, 6.07) is 8.38. The fraction of sp³-hybridized carbons (Fsp3) is 0.526. The number of aryl methyl sites for hydroxylation is 1. The number of para-hydroxylation sites is 1. The van der Waals surface area contributed by atoms with E-state index in [1.54, 1.807) is 4.68 Å². The van der Waals surface area contributed by atoms with E-state index >= 15 is 0 Å². The summed E-state index contributed by atoms with van der Waals surface area (Å²) in [6.45, 7) is 3.99. The summed E-state index contributed by atoms with van der Waals surface area (Å²) in [4.78, 5) is 12.6. The van der Waals surface area contributed by atoms with Gasteiger partial charge in [0, 0.05) is 6.04 Å². The number of carbonyl (C=O) groups is 1. The van der Waals surface area contributed by atoms with Crippen molar-refractivity contribution in [2.45, 2.75) is 68.0 Å². The van der Waals surface area contributed by atoms with Crippen LogP contribution in [0.4, 0.5) is 0 Å². The summed E-state index contributed by atoms with van der Waals surface area (Å²) < 4.78 is 3.34. The lowest BCUT2D eigenvalue weighted by atomic mass is 10.1. The van der Waals surface area contributed by atoms with Crippen LogP contribution in [0.3, 0.4) is 0 Å². The Labute approximate surface area is 168 Å². The summed E-state index contributed by atoms with van der Waals surface area (Å²) in [5.74, 6) is 0.102. The third kappa shape index (κ3) is 4.96. The van der Waals surface area contributed by atoms with E-state index in [0.29, 0.717) is 10.00 Å². The predicted octanol–water partition coefficient (Wildman–Crippen LogP) is 5.29. The van der Waals surface area contributed by atoms with Crippen LogP contribution < -0.4 is 5.32 Å². The molecule has 1 aromatic carbocycles. The number of thioether (sulfide) groups is 1. The zero-order valence-electron chi connectivity index (χ0n) is 15.2. The first-order chi connectivity index (χ1) is 12.5. The first kappa shape index (κ1) is 19.6. The van der Waals surface area contributed by atoms with Gasteiger partial charge in [0.15, 0.2) is 8.29 Å². The molecule has 1 aliphatic rings. The fourth-order valence-corrected chi connectivity index (χ4v) is 5.71. The number of amides is 1. The first-order valence-corrected chi connectivity index (χ1v) is 11.3. The monoisotopic (exact) mass is 407 g/mol. The van der Waals surface area contributed by atoms with Crippen LogP contribution in [-0.4, -0.2) is 27.0 Å². The molecule has 0 saturated heterocycles. The second kappa shape index (κ2) is 9.15. The quantitative estimate of drug-likeness (QED) is 0.415. The smallest absolute Gasteiger partial charge is 0.233 e. The van der Waals surface area contributed by atoms with Crippen LogP contribution in [0, 0.1) is 10.9 Å². The molecule has 26 heavy (non-hydrogen) atoms. The molecule has 1 aliphatic carbocycles.